The molecule has 4 nitrogen and oxygen atoms in total. The Hall–Kier alpha value is -2.07. The van der Waals surface area contributed by atoms with Gasteiger partial charge in [-0.15, -0.1) is 0 Å². The van der Waals surface area contributed by atoms with Crippen molar-refractivity contribution in [3.8, 4) is 0 Å². The van der Waals surface area contributed by atoms with E-state index >= 15 is 0 Å². The molecule has 0 saturated heterocycles. The Morgan fingerprint density at radius 3 is 2.89 bits per heavy atom. The normalized spacial score (nSPS) is 11.0. The Morgan fingerprint density at radius 2 is 2.17 bits per heavy atom. The highest BCUT2D eigenvalue weighted by atomic mass is 35.5. The minimum absolute atomic E-state index is 0.192. The van der Waals surface area contributed by atoms with Crippen LogP contribution >= 0.6 is 11.6 Å². The van der Waals surface area contributed by atoms with Crippen LogP contribution < -0.4 is 0 Å². The Kier molecular flexibility index (Phi) is 2.45. The SMILES string of the molecule is Cn1nccc1C(=O)c1cc2cc(Cl)ccc2o1. The monoisotopic (exact) mass is 260 g/mol. The van der Waals surface area contributed by atoms with Gasteiger partial charge in [0.15, 0.2) is 5.76 Å². The molecule has 0 radical (unpaired) electrons. The van der Waals surface area contributed by atoms with Crippen molar-refractivity contribution in [1.29, 1.82) is 0 Å². The minimum atomic E-state index is -0.192. The highest BCUT2D eigenvalue weighted by Gasteiger charge is 2.17. The third-order valence-electron chi connectivity index (χ3n) is 2.76. The number of benzene rings is 1. The van der Waals surface area contributed by atoms with E-state index in [1.165, 1.54) is 4.68 Å². The van der Waals surface area contributed by atoms with Crippen molar-refractivity contribution in [2.75, 3.05) is 0 Å². The second-order valence-corrected chi connectivity index (χ2v) is 4.40. The average Bonchev–Trinajstić information content (AvgIpc) is 2.93. The Labute approximate surface area is 108 Å². The molecule has 0 spiro atoms. The van der Waals surface area contributed by atoms with Gasteiger partial charge < -0.3 is 4.42 Å². The van der Waals surface area contributed by atoms with Gasteiger partial charge in [0.05, 0.1) is 0 Å². The van der Waals surface area contributed by atoms with Crippen LogP contribution in [-0.2, 0) is 7.05 Å². The van der Waals surface area contributed by atoms with Crippen LogP contribution in [0.4, 0.5) is 0 Å². The van der Waals surface area contributed by atoms with E-state index in [9.17, 15) is 4.79 Å². The lowest BCUT2D eigenvalue weighted by Gasteiger charge is -1.96. The molecule has 2 heterocycles. The second kappa shape index (κ2) is 3.99. The molecule has 0 saturated carbocycles. The first-order chi connectivity index (χ1) is 8.65. The summed E-state index contributed by atoms with van der Waals surface area (Å²) in [6.45, 7) is 0. The maximum atomic E-state index is 12.2. The van der Waals surface area contributed by atoms with E-state index in [1.54, 1.807) is 43.6 Å². The van der Waals surface area contributed by atoms with Gasteiger partial charge in [0.2, 0.25) is 5.78 Å². The summed E-state index contributed by atoms with van der Waals surface area (Å²) in [5, 5.41) is 5.39. The fourth-order valence-electron chi connectivity index (χ4n) is 1.85. The van der Waals surface area contributed by atoms with Crippen molar-refractivity contribution < 1.29 is 9.21 Å². The number of aromatic nitrogens is 2. The zero-order chi connectivity index (χ0) is 12.7. The molecule has 0 aliphatic rings. The first-order valence-corrected chi connectivity index (χ1v) is 5.75. The van der Waals surface area contributed by atoms with E-state index in [4.69, 9.17) is 16.0 Å². The number of carbonyl (C=O) groups excluding carboxylic acids is 1. The number of nitrogens with zero attached hydrogens (tertiary/aromatic N) is 2. The Balaban J connectivity index is 2.10. The molecular weight excluding hydrogens is 252 g/mol. The van der Waals surface area contributed by atoms with E-state index in [2.05, 4.69) is 5.10 Å². The first kappa shape index (κ1) is 11.0. The highest BCUT2D eigenvalue weighted by Crippen LogP contribution is 2.24. The lowest BCUT2D eigenvalue weighted by molar-refractivity contribution is 0.100. The predicted molar refractivity (Wildman–Crippen MR) is 67.9 cm³/mol. The van der Waals surface area contributed by atoms with Crippen LogP contribution in [0.1, 0.15) is 16.2 Å². The van der Waals surface area contributed by atoms with Crippen LogP contribution in [0, 0.1) is 0 Å². The number of rotatable bonds is 2. The van der Waals surface area contributed by atoms with Gasteiger partial charge >= 0.3 is 0 Å². The highest BCUT2D eigenvalue weighted by molar-refractivity contribution is 6.31. The molecule has 3 rings (SSSR count). The summed E-state index contributed by atoms with van der Waals surface area (Å²) in [4.78, 5) is 12.2. The van der Waals surface area contributed by atoms with Crippen LogP contribution in [0.25, 0.3) is 11.0 Å². The van der Waals surface area contributed by atoms with E-state index in [0.29, 0.717) is 16.3 Å². The molecule has 0 amide bonds. The third kappa shape index (κ3) is 1.71. The number of halogens is 1. The molecule has 0 aliphatic heterocycles. The summed E-state index contributed by atoms with van der Waals surface area (Å²) in [7, 11) is 1.72. The van der Waals surface area contributed by atoms with Crippen LogP contribution in [0.15, 0.2) is 40.9 Å². The fraction of sp³-hybridized carbons (Fsp3) is 0.0769. The second-order valence-electron chi connectivity index (χ2n) is 3.96. The number of aryl methyl sites for hydroxylation is 1. The predicted octanol–water partition coefficient (Wildman–Crippen LogP) is 3.05. The van der Waals surface area contributed by atoms with Crippen LogP contribution in [0.2, 0.25) is 5.02 Å². The van der Waals surface area contributed by atoms with Crippen LogP contribution in [0.5, 0.6) is 0 Å². The van der Waals surface area contributed by atoms with Crippen molar-refractivity contribution >= 4 is 28.4 Å². The van der Waals surface area contributed by atoms with Gasteiger partial charge in [0, 0.05) is 23.7 Å². The van der Waals surface area contributed by atoms with Gasteiger partial charge in [-0.1, -0.05) is 11.6 Å². The summed E-state index contributed by atoms with van der Waals surface area (Å²) >= 11 is 5.89. The van der Waals surface area contributed by atoms with Crippen molar-refractivity contribution in [3.05, 3.63) is 53.0 Å². The lowest BCUT2D eigenvalue weighted by Crippen LogP contribution is -2.06. The Morgan fingerprint density at radius 1 is 1.33 bits per heavy atom. The van der Waals surface area contributed by atoms with Crippen LogP contribution in [-0.4, -0.2) is 15.6 Å². The van der Waals surface area contributed by atoms with E-state index in [0.717, 1.165) is 5.39 Å². The molecule has 0 bridgehead atoms. The van der Waals surface area contributed by atoms with Gasteiger partial charge in [-0.05, 0) is 30.3 Å². The number of hydrogen-bond acceptors (Lipinski definition) is 3. The quantitative estimate of drug-likeness (QED) is 0.666. The molecule has 5 heteroatoms. The number of ketones is 1. The van der Waals surface area contributed by atoms with Gasteiger partial charge in [-0.3, -0.25) is 9.48 Å². The number of hydrogen-bond donors (Lipinski definition) is 0. The maximum Gasteiger partial charge on any atom is 0.246 e. The van der Waals surface area contributed by atoms with Crippen molar-refractivity contribution in [2.45, 2.75) is 0 Å². The summed E-state index contributed by atoms with van der Waals surface area (Å²) in [6.07, 6.45) is 1.58. The molecule has 0 fully saturated rings. The topological polar surface area (TPSA) is 48.0 Å². The molecule has 0 unspecified atom stereocenters. The van der Waals surface area contributed by atoms with Crippen molar-refractivity contribution in [3.63, 3.8) is 0 Å². The Bertz CT molecular complexity index is 742. The van der Waals surface area contributed by atoms with Crippen molar-refractivity contribution in [2.24, 2.45) is 7.05 Å². The number of fused-ring (bicyclic) bond motifs is 1. The van der Waals surface area contributed by atoms with Gasteiger partial charge in [0.25, 0.3) is 0 Å². The summed E-state index contributed by atoms with van der Waals surface area (Å²) in [5.74, 6) is 0.0955. The van der Waals surface area contributed by atoms with Crippen molar-refractivity contribution in [1.82, 2.24) is 9.78 Å². The summed E-state index contributed by atoms with van der Waals surface area (Å²) < 4.78 is 7.03. The van der Waals surface area contributed by atoms with Gasteiger partial charge in [-0.25, -0.2) is 0 Å². The summed E-state index contributed by atoms with van der Waals surface area (Å²) in [6, 6.07) is 8.59. The largest absolute Gasteiger partial charge is 0.453 e. The fourth-order valence-corrected chi connectivity index (χ4v) is 2.03. The molecule has 2 aromatic heterocycles. The lowest BCUT2D eigenvalue weighted by atomic mass is 10.2. The zero-order valence-corrected chi connectivity index (χ0v) is 10.3. The molecule has 18 heavy (non-hydrogen) atoms. The first-order valence-electron chi connectivity index (χ1n) is 5.37. The smallest absolute Gasteiger partial charge is 0.246 e. The van der Waals surface area contributed by atoms with E-state index < -0.39 is 0 Å². The van der Waals surface area contributed by atoms with Gasteiger partial charge in [-0.2, -0.15) is 5.10 Å². The molecule has 90 valence electrons. The molecular formula is C13H9ClN2O2. The van der Waals surface area contributed by atoms with Crippen LogP contribution in [0.3, 0.4) is 0 Å². The third-order valence-corrected chi connectivity index (χ3v) is 2.99. The standard InChI is InChI=1S/C13H9ClN2O2/c1-16-10(4-5-15-16)13(17)12-7-8-6-9(14)2-3-11(8)18-12/h2-7H,1H3. The van der Waals surface area contributed by atoms with E-state index in [-0.39, 0.29) is 11.5 Å². The minimum Gasteiger partial charge on any atom is -0.453 e. The molecule has 3 aromatic rings. The molecule has 1 aromatic carbocycles. The number of furan rings is 1. The molecule has 0 atom stereocenters. The molecule has 0 aliphatic carbocycles. The zero-order valence-electron chi connectivity index (χ0n) is 9.55. The average molecular weight is 261 g/mol. The summed E-state index contributed by atoms with van der Waals surface area (Å²) in [5.41, 5.74) is 1.13. The molecule has 0 N–H and O–H groups in total. The maximum absolute atomic E-state index is 12.2. The number of carbonyl (C=O) groups is 1. The van der Waals surface area contributed by atoms with Gasteiger partial charge in [0.1, 0.15) is 11.3 Å². The van der Waals surface area contributed by atoms with E-state index in [1.807, 2.05) is 0 Å².